The number of hydrogen-bond acceptors (Lipinski definition) is 9. The number of piperidine rings is 1. The molecule has 3 unspecified atom stereocenters. The molecule has 8 nitrogen and oxygen atoms in total. The molecule has 37 heavy (non-hydrogen) atoms. The summed E-state index contributed by atoms with van der Waals surface area (Å²) in [5, 5.41) is 9.89. The summed E-state index contributed by atoms with van der Waals surface area (Å²) < 4.78 is 26.1. The lowest BCUT2D eigenvalue weighted by molar-refractivity contribution is 0.0770. The zero-order valence-corrected chi connectivity index (χ0v) is 23.8. The monoisotopic (exact) mass is 540 g/mol. The number of halogens is 1. The van der Waals surface area contributed by atoms with Crippen LogP contribution >= 0.6 is 11.9 Å². The highest BCUT2D eigenvalue weighted by atomic mass is 32.2. The fraction of sp³-hybridized carbons (Fsp3) is 0.778. The zero-order chi connectivity index (χ0) is 26.3. The van der Waals surface area contributed by atoms with Gasteiger partial charge >= 0.3 is 0 Å². The van der Waals surface area contributed by atoms with Crippen LogP contribution in [0.1, 0.15) is 46.0 Å². The fourth-order valence-corrected chi connectivity index (χ4v) is 6.03. The molecule has 212 valence electrons. The molecule has 3 atom stereocenters. The minimum absolute atomic E-state index is 0.210. The first-order chi connectivity index (χ1) is 18.1. The molecule has 3 fully saturated rings. The van der Waals surface area contributed by atoms with E-state index in [2.05, 4.69) is 44.8 Å². The molecular formula is C27H49FN6O2S. The summed E-state index contributed by atoms with van der Waals surface area (Å²) in [6.07, 6.45) is 5.91. The Morgan fingerprint density at radius 3 is 2.65 bits per heavy atom. The van der Waals surface area contributed by atoms with E-state index in [0.29, 0.717) is 18.0 Å². The molecule has 0 spiro atoms. The lowest BCUT2D eigenvalue weighted by Gasteiger charge is -2.31. The second kappa shape index (κ2) is 17.6. The van der Waals surface area contributed by atoms with Crippen molar-refractivity contribution in [2.45, 2.75) is 63.3 Å². The van der Waals surface area contributed by atoms with Crippen LogP contribution in [0.3, 0.4) is 0 Å². The van der Waals surface area contributed by atoms with Gasteiger partial charge in [-0.05, 0) is 75.4 Å². The third kappa shape index (κ3) is 11.3. The Kier molecular flexibility index (Phi) is 14.5. The van der Waals surface area contributed by atoms with Crippen LogP contribution in [0.2, 0.25) is 0 Å². The molecule has 0 saturated carbocycles. The molecule has 0 radical (unpaired) electrons. The molecule has 1 aromatic carbocycles. The van der Waals surface area contributed by atoms with Gasteiger partial charge in [0.15, 0.2) is 0 Å². The van der Waals surface area contributed by atoms with Crippen molar-refractivity contribution in [1.29, 1.82) is 0 Å². The normalized spacial score (nSPS) is 24.8. The van der Waals surface area contributed by atoms with Gasteiger partial charge < -0.3 is 20.1 Å². The SMILES string of the molecule is C1CNCC(SN2CCOCC2)C1.COCCCCC1C(CNCC(C)C)NNN1c1ccc(F)cc1. The van der Waals surface area contributed by atoms with Crippen LogP contribution in [0.4, 0.5) is 10.1 Å². The molecule has 0 amide bonds. The number of hydrazine groups is 2. The molecule has 3 aliphatic rings. The highest BCUT2D eigenvalue weighted by Crippen LogP contribution is 2.24. The third-order valence-electron chi connectivity index (χ3n) is 6.81. The first-order valence-electron chi connectivity index (χ1n) is 14.0. The highest BCUT2D eigenvalue weighted by Gasteiger charge is 2.33. The van der Waals surface area contributed by atoms with Gasteiger partial charge in [0.25, 0.3) is 0 Å². The molecule has 3 heterocycles. The number of ether oxygens (including phenoxy) is 2. The predicted molar refractivity (Wildman–Crippen MR) is 152 cm³/mol. The average molecular weight is 541 g/mol. The minimum atomic E-state index is -0.210. The van der Waals surface area contributed by atoms with Gasteiger partial charge in [-0.3, -0.25) is 5.01 Å². The second-order valence-electron chi connectivity index (χ2n) is 10.4. The van der Waals surface area contributed by atoms with Crippen LogP contribution in [-0.4, -0.2) is 87.8 Å². The summed E-state index contributed by atoms with van der Waals surface area (Å²) in [6, 6.07) is 7.25. The van der Waals surface area contributed by atoms with E-state index in [1.54, 1.807) is 7.11 Å². The van der Waals surface area contributed by atoms with Gasteiger partial charge in [0.2, 0.25) is 0 Å². The van der Waals surface area contributed by atoms with Gasteiger partial charge in [0.1, 0.15) is 5.82 Å². The fourth-order valence-electron chi connectivity index (χ4n) is 4.79. The van der Waals surface area contributed by atoms with Crippen molar-refractivity contribution in [2.24, 2.45) is 5.92 Å². The van der Waals surface area contributed by atoms with Crippen molar-refractivity contribution < 1.29 is 13.9 Å². The average Bonchev–Trinajstić information content (AvgIpc) is 3.31. The number of anilines is 1. The molecule has 0 aromatic heterocycles. The number of hydrogen-bond donors (Lipinski definition) is 4. The standard InChI is InChI=1S/C18H31FN4O.C9H18N2OS/c1-14(2)12-20-13-17-18(6-4-5-11-24-3)23(22-21-17)16-9-7-15(19)8-10-16;1-2-9(8-10-3-1)13-11-4-6-12-7-5-11/h7-10,14,17-18,20-22H,4-6,11-13H2,1-3H3;9-10H,1-8H2. The van der Waals surface area contributed by atoms with Gasteiger partial charge in [-0.2, -0.15) is 5.53 Å². The quantitative estimate of drug-likeness (QED) is 0.236. The maximum absolute atomic E-state index is 13.2. The van der Waals surface area contributed by atoms with Gasteiger partial charge in [-0.25, -0.2) is 14.1 Å². The number of benzene rings is 1. The number of rotatable bonds is 12. The Hall–Kier alpha value is -0.980. The van der Waals surface area contributed by atoms with Crippen LogP contribution in [0.15, 0.2) is 24.3 Å². The summed E-state index contributed by atoms with van der Waals surface area (Å²) in [7, 11) is 1.74. The van der Waals surface area contributed by atoms with Crippen molar-refractivity contribution in [3.05, 3.63) is 30.1 Å². The van der Waals surface area contributed by atoms with Crippen molar-refractivity contribution in [1.82, 2.24) is 25.9 Å². The Morgan fingerprint density at radius 2 is 1.97 bits per heavy atom. The van der Waals surface area contributed by atoms with Crippen molar-refractivity contribution >= 4 is 17.6 Å². The summed E-state index contributed by atoms with van der Waals surface area (Å²) in [5.41, 5.74) is 7.61. The Morgan fingerprint density at radius 1 is 1.19 bits per heavy atom. The number of methoxy groups -OCH3 is 1. The topological polar surface area (TPSA) is 73.1 Å². The Labute approximate surface area is 227 Å². The van der Waals surface area contributed by atoms with Crippen LogP contribution in [0.25, 0.3) is 0 Å². The number of morpholine rings is 1. The molecule has 3 saturated heterocycles. The summed E-state index contributed by atoms with van der Waals surface area (Å²) in [6.45, 7) is 13.5. The molecule has 4 N–H and O–H groups in total. The van der Waals surface area contributed by atoms with Crippen molar-refractivity contribution in [3.8, 4) is 0 Å². The Balaban J connectivity index is 0.000000244. The summed E-state index contributed by atoms with van der Waals surface area (Å²) in [5.74, 6) is 0.422. The first-order valence-corrected chi connectivity index (χ1v) is 14.9. The first kappa shape index (κ1) is 30.6. The number of nitrogens with one attached hydrogen (secondary N) is 4. The maximum atomic E-state index is 13.2. The smallest absolute Gasteiger partial charge is 0.123 e. The van der Waals surface area contributed by atoms with Crippen LogP contribution in [0.5, 0.6) is 0 Å². The van der Waals surface area contributed by atoms with E-state index in [4.69, 9.17) is 9.47 Å². The highest BCUT2D eigenvalue weighted by molar-refractivity contribution is 7.97. The summed E-state index contributed by atoms with van der Waals surface area (Å²) >= 11 is 2.03. The molecular weight excluding hydrogens is 491 g/mol. The summed E-state index contributed by atoms with van der Waals surface area (Å²) in [4.78, 5) is 0. The van der Waals surface area contributed by atoms with Gasteiger partial charge in [-0.15, -0.1) is 0 Å². The van der Waals surface area contributed by atoms with E-state index in [0.717, 1.165) is 76.2 Å². The van der Waals surface area contributed by atoms with Crippen LogP contribution < -0.4 is 26.6 Å². The van der Waals surface area contributed by atoms with E-state index >= 15 is 0 Å². The molecule has 4 rings (SSSR count). The maximum Gasteiger partial charge on any atom is 0.123 e. The van der Waals surface area contributed by atoms with Crippen molar-refractivity contribution in [3.63, 3.8) is 0 Å². The molecule has 3 aliphatic heterocycles. The molecule has 0 aliphatic carbocycles. The Bertz CT molecular complexity index is 703. The number of nitrogens with zero attached hydrogens (tertiary/aromatic N) is 2. The minimum Gasteiger partial charge on any atom is -0.385 e. The second-order valence-corrected chi connectivity index (χ2v) is 11.8. The van der Waals surface area contributed by atoms with Crippen molar-refractivity contribution in [2.75, 3.05) is 71.2 Å². The van der Waals surface area contributed by atoms with Crippen LogP contribution in [0, 0.1) is 11.7 Å². The number of unbranched alkanes of at least 4 members (excludes halogenated alkanes) is 1. The lowest BCUT2D eigenvalue weighted by atomic mass is 10.0. The third-order valence-corrected chi connectivity index (χ3v) is 8.17. The van der Waals surface area contributed by atoms with Crippen LogP contribution in [-0.2, 0) is 9.47 Å². The van der Waals surface area contributed by atoms with E-state index in [1.807, 2.05) is 24.1 Å². The van der Waals surface area contributed by atoms with Gasteiger partial charge in [0, 0.05) is 45.1 Å². The van der Waals surface area contributed by atoms with Gasteiger partial charge in [-0.1, -0.05) is 25.8 Å². The van der Waals surface area contributed by atoms with E-state index in [1.165, 1.54) is 38.1 Å². The molecule has 10 heteroatoms. The van der Waals surface area contributed by atoms with Gasteiger partial charge in [0.05, 0.1) is 31.0 Å². The van der Waals surface area contributed by atoms with E-state index in [9.17, 15) is 4.39 Å². The molecule has 0 bridgehead atoms. The lowest BCUT2D eigenvalue weighted by Crippen LogP contribution is -2.43. The van der Waals surface area contributed by atoms with E-state index in [-0.39, 0.29) is 5.82 Å². The van der Waals surface area contributed by atoms with E-state index < -0.39 is 0 Å². The predicted octanol–water partition coefficient (Wildman–Crippen LogP) is 3.17. The largest absolute Gasteiger partial charge is 0.385 e. The zero-order valence-electron chi connectivity index (χ0n) is 23.0. The molecule has 1 aromatic rings.